The molecule has 6 nitrogen and oxygen atoms in total. The normalized spacial score (nSPS) is 22.4. The maximum Gasteiger partial charge on any atom is 0.344 e. The number of anilines is 1. The van der Waals surface area contributed by atoms with Crippen molar-refractivity contribution in [2.45, 2.75) is 46.1 Å². The summed E-state index contributed by atoms with van der Waals surface area (Å²) < 4.78 is 15.9. The van der Waals surface area contributed by atoms with Crippen LogP contribution in [0.25, 0.3) is 0 Å². The molecule has 0 amide bonds. The fourth-order valence-corrected chi connectivity index (χ4v) is 3.72. The molecule has 1 aromatic rings. The third kappa shape index (κ3) is 5.51. The summed E-state index contributed by atoms with van der Waals surface area (Å²) in [4.78, 5) is 24.5. The summed E-state index contributed by atoms with van der Waals surface area (Å²) >= 11 is 5.96. The molecule has 0 aromatic heterocycles. The SMILES string of the molecule is COc1cc(N)c(Cl)cc1C(=O)OCC(=O)OC1CC(C)CCC1C(C)C. The van der Waals surface area contributed by atoms with Gasteiger partial charge in [-0.25, -0.2) is 9.59 Å². The van der Waals surface area contributed by atoms with Gasteiger partial charge in [-0.1, -0.05) is 38.8 Å². The van der Waals surface area contributed by atoms with Crippen LogP contribution in [0, 0.1) is 17.8 Å². The fraction of sp³-hybridized carbons (Fsp3) is 0.600. The second-order valence-electron chi connectivity index (χ2n) is 7.50. The first-order valence-corrected chi connectivity index (χ1v) is 9.60. The van der Waals surface area contributed by atoms with E-state index in [2.05, 4.69) is 20.8 Å². The minimum Gasteiger partial charge on any atom is -0.496 e. The van der Waals surface area contributed by atoms with Gasteiger partial charge in [0.1, 0.15) is 17.4 Å². The number of methoxy groups -OCH3 is 1. The van der Waals surface area contributed by atoms with E-state index in [0.29, 0.717) is 17.8 Å². The van der Waals surface area contributed by atoms with E-state index in [1.165, 1.54) is 19.2 Å². The Hall–Kier alpha value is -1.95. The lowest BCUT2D eigenvalue weighted by Crippen LogP contribution is -2.36. The molecule has 0 radical (unpaired) electrons. The van der Waals surface area contributed by atoms with Crippen LogP contribution < -0.4 is 10.5 Å². The van der Waals surface area contributed by atoms with E-state index in [1.54, 1.807) is 0 Å². The van der Waals surface area contributed by atoms with Crippen molar-refractivity contribution in [3.05, 3.63) is 22.7 Å². The molecule has 3 atom stereocenters. The van der Waals surface area contributed by atoms with Crippen LogP contribution in [0.2, 0.25) is 5.02 Å². The summed E-state index contributed by atoms with van der Waals surface area (Å²) in [6, 6.07) is 2.80. The summed E-state index contributed by atoms with van der Waals surface area (Å²) in [6.45, 7) is 5.98. The van der Waals surface area contributed by atoms with Gasteiger partial charge in [0, 0.05) is 6.07 Å². The van der Waals surface area contributed by atoms with Crippen LogP contribution >= 0.6 is 11.6 Å². The molecule has 7 heteroatoms. The molecule has 0 heterocycles. The number of nitrogen functional groups attached to an aromatic ring is 1. The van der Waals surface area contributed by atoms with Crippen LogP contribution in [-0.2, 0) is 14.3 Å². The van der Waals surface area contributed by atoms with Crippen LogP contribution in [0.15, 0.2) is 12.1 Å². The van der Waals surface area contributed by atoms with Crippen molar-refractivity contribution in [2.24, 2.45) is 17.8 Å². The van der Waals surface area contributed by atoms with E-state index in [-0.39, 0.29) is 28.1 Å². The van der Waals surface area contributed by atoms with Crippen molar-refractivity contribution < 1.29 is 23.8 Å². The predicted molar refractivity (Wildman–Crippen MR) is 104 cm³/mol. The maximum absolute atomic E-state index is 12.3. The Bertz CT molecular complexity index is 691. The van der Waals surface area contributed by atoms with E-state index in [0.717, 1.165) is 19.3 Å². The van der Waals surface area contributed by atoms with Crippen molar-refractivity contribution in [2.75, 3.05) is 19.5 Å². The Labute approximate surface area is 165 Å². The highest BCUT2D eigenvalue weighted by atomic mass is 35.5. The van der Waals surface area contributed by atoms with Crippen molar-refractivity contribution in [3.63, 3.8) is 0 Å². The van der Waals surface area contributed by atoms with Gasteiger partial charge in [-0.15, -0.1) is 0 Å². The molecule has 2 rings (SSSR count). The minimum atomic E-state index is -0.719. The Balaban J connectivity index is 1.97. The van der Waals surface area contributed by atoms with E-state index in [4.69, 9.17) is 31.5 Å². The van der Waals surface area contributed by atoms with Gasteiger partial charge in [-0.05, 0) is 36.7 Å². The van der Waals surface area contributed by atoms with Gasteiger partial charge in [0.05, 0.1) is 17.8 Å². The molecule has 1 fully saturated rings. The first kappa shape index (κ1) is 21.4. The summed E-state index contributed by atoms with van der Waals surface area (Å²) in [5, 5.41) is 0.210. The standard InChI is InChI=1S/C20H28ClNO5/c1-11(2)13-6-5-12(3)7-18(13)27-19(23)10-26-20(24)14-8-15(21)16(22)9-17(14)25-4/h8-9,11-13,18H,5-7,10,22H2,1-4H3. The smallest absolute Gasteiger partial charge is 0.344 e. The van der Waals surface area contributed by atoms with Gasteiger partial charge in [-0.3, -0.25) is 0 Å². The average molecular weight is 398 g/mol. The highest BCUT2D eigenvalue weighted by molar-refractivity contribution is 6.33. The number of rotatable bonds is 6. The molecule has 1 saturated carbocycles. The van der Waals surface area contributed by atoms with E-state index < -0.39 is 18.5 Å². The van der Waals surface area contributed by atoms with Gasteiger partial charge < -0.3 is 19.9 Å². The second kappa shape index (κ2) is 9.31. The van der Waals surface area contributed by atoms with Crippen molar-refractivity contribution >= 4 is 29.2 Å². The van der Waals surface area contributed by atoms with E-state index in [9.17, 15) is 9.59 Å². The average Bonchev–Trinajstić information content (AvgIpc) is 2.61. The second-order valence-corrected chi connectivity index (χ2v) is 7.91. The van der Waals surface area contributed by atoms with Crippen LogP contribution in [-0.4, -0.2) is 31.8 Å². The van der Waals surface area contributed by atoms with Crippen molar-refractivity contribution in [1.29, 1.82) is 0 Å². The molecule has 0 bridgehead atoms. The Morgan fingerprint density at radius 2 is 2.00 bits per heavy atom. The van der Waals surface area contributed by atoms with Gasteiger partial charge >= 0.3 is 11.9 Å². The largest absolute Gasteiger partial charge is 0.496 e. The molecule has 1 aliphatic carbocycles. The molecular formula is C20H28ClNO5. The number of halogens is 1. The fourth-order valence-electron chi connectivity index (χ4n) is 3.55. The van der Waals surface area contributed by atoms with Gasteiger partial charge in [0.2, 0.25) is 0 Å². The molecule has 3 unspecified atom stereocenters. The number of hydrogen-bond donors (Lipinski definition) is 1. The number of nitrogens with two attached hydrogens (primary N) is 1. The Morgan fingerprint density at radius 1 is 1.30 bits per heavy atom. The zero-order valence-electron chi connectivity index (χ0n) is 16.3. The molecule has 1 aromatic carbocycles. The van der Waals surface area contributed by atoms with Crippen LogP contribution in [0.5, 0.6) is 5.75 Å². The predicted octanol–water partition coefficient (Wildman–Crippen LogP) is 4.09. The monoisotopic (exact) mass is 397 g/mol. The summed E-state index contributed by atoms with van der Waals surface area (Å²) in [5.41, 5.74) is 6.10. The zero-order chi connectivity index (χ0) is 20.1. The first-order valence-electron chi connectivity index (χ1n) is 9.22. The van der Waals surface area contributed by atoms with E-state index in [1.807, 2.05) is 0 Å². The molecule has 27 heavy (non-hydrogen) atoms. The summed E-state index contributed by atoms with van der Waals surface area (Å²) in [7, 11) is 1.41. The third-order valence-electron chi connectivity index (χ3n) is 5.10. The van der Waals surface area contributed by atoms with E-state index >= 15 is 0 Å². The van der Waals surface area contributed by atoms with Crippen LogP contribution in [0.1, 0.15) is 50.4 Å². The highest BCUT2D eigenvalue weighted by Crippen LogP contribution is 2.35. The maximum atomic E-state index is 12.3. The third-order valence-corrected chi connectivity index (χ3v) is 5.43. The Kier molecular flexibility index (Phi) is 7.36. The molecule has 0 saturated heterocycles. The van der Waals surface area contributed by atoms with Crippen LogP contribution in [0.3, 0.4) is 0 Å². The number of carbonyl (C=O) groups is 2. The number of ether oxygens (including phenoxy) is 3. The Morgan fingerprint density at radius 3 is 2.63 bits per heavy atom. The first-order chi connectivity index (χ1) is 12.7. The number of benzene rings is 1. The topological polar surface area (TPSA) is 87.9 Å². The quantitative estimate of drug-likeness (QED) is 0.574. The lowest BCUT2D eigenvalue weighted by molar-refractivity contribution is -0.159. The number of esters is 2. The van der Waals surface area contributed by atoms with Crippen molar-refractivity contribution in [1.82, 2.24) is 0 Å². The lowest BCUT2D eigenvalue weighted by Gasteiger charge is -2.36. The highest BCUT2D eigenvalue weighted by Gasteiger charge is 2.33. The minimum absolute atomic E-state index is 0.107. The molecule has 0 spiro atoms. The zero-order valence-corrected chi connectivity index (χ0v) is 17.0. The van der Waals surface area contributed by atoms with Gasteiger partial charge in [0.25, 0.3) is 0 Å². The van der Waals surface area contributed by atoms with Crippen molar-refractivity contribution in [3.8, 4) is 5.75 Å². The number of carbonyl (C=O) groups excluding carboxylic acids is 2. The van der Waals surface area contributed by atoms with Crippen LogP contribution in [0.4, 0.5) is 5.69 Å². The molecule has 150 valence electrons. The molecule has 2 N–H and O–H groups in total. The lowest BCUT2D eigenvalue weighted by atomic mass is 9.75. The van der Waals surface area contributed by atoms with Gasteiger partial charge in [0.15, 0.2) is 6.61 Å². The van der Waals surface area contributed by atoms with Gasteiger partial charge in [-0.2, -0.15) is 0 Å². The number of hydrogen-bond acceptors (Lipinski definition) is 6. The molecule has 0 aliphatic heterocycles. The molecule has 1 aliphatic rings. The summed E-state index contributed by atoms with van der Waals surface area (Å²) in [6.07, 6.45) is 2.88. The summed E-state index contributed by atoms with van der Waals surface area (Å²) in [5.74, 6) is 0.241. The molecular weight excluding hydrogens is 370 g/mol.